The normalized spacial score (nSPS) is 20.6. The summed E-state index contributed by atoms with van der Waals surface area (Å²) >= 11 is 0. The van der Waals surface area contributed by atoms with E-state index in [4.69, 9.17) is 10.5 Å². The lowest BCUT2D eigenvalue weighted by molar-refractivity contribution is 0.182. The van der Waals surface area contributed by atoms with Crippen molar-refractivity contribution < 1.29 is 4.74 Å². The minimum Gasteiger partial charge on any atom is -0.399 e. The molecule has 2 heterocycles. The maximum atomic E-state index is 5.79. The van der Waals surface area contributed by atoms with Crippen molar-refractivity contribution in [2.45, 2.75) is 13.0 Å². The number of ether oxygens (including phenoxy) is 1. The molecular weight excluding hydrogens is 202 g/mol. The molecule has 0 amide bonds. The molecule has 0 radical (unpaired) electrons. The Morgan fingerprint density at radius 2 is 2.44 bits per heavy atom. The van der Waals surface area contributed by atoms with Gasteiger partial charge in [0.25, 0.3) is 0 Å². The van der Waals surface area contributed by atoms with Gasteiger partial charge in [0.15, 0.2) is 0 Å². The highest BCUT2D eigenvalue weighted by Gasteiger charge is 2.17. The van der Waals surface area contributed by atoms with E-state index in [2.05, 4.69) is 5.10 Å². The molecule has 1 aliphatic heterocycles. The highest BCUT2D eigenvalue weighted by Crippen LogP contribution is 2.20. The summed E-state index contributed by atoms with van der Waals surface area (Å²) < 4.78 is 7.41. The summed E-state index contributed by atoms with van der Waals surface area (Å²) in [5, 5.41) is 5.55. The fourth-order valence-corrected chi connectivity index (χ4v) is 2.20. The highest BCUT2D eigenvalue weighted by atomic mass is 16.5. The molecule has 4 heteroatoms. The minimum atomic E-state index is 0.588. The third kappa shape index (κ3) is 1.65. The number of nitrogen functional groups attached to an aromatic ring is 1. The van der Waals surface area contributed by atoms with Gasteiger partial charge < -0.3 is 10.5 Å². The van der Waals surface area contributed by atoms with Crippen LogP contribution in [0.2, 0.25) is 0 Å². The minimum absolute atomic E-state index is 0.588. The van der Waals surface area contributed by atoms with Gasteiger partial charge in [0.05, 0.1) is 18.3 Å². The van der Waals surface area contributed by atoms with Crippen LogP contribution in [0.15, 0.2) is 24.4 Å². The van der Waals surface area contributed by atoms with Crippen LogP contribution in [0, 0.1) is 5.92 Å². The van der Waals surface area contributed by atoms with Gasteiger partial charge in [0, 0.05) is 30.1 Å². The number of fused-ring (bicyclic) bond motifs is 1. The third-order valence-electron chi connectivity index (χ3n) is 3.12. The fraction of sp³-hybridized carbons (Fsp3) is 0.417. The smallest absolute Gasteiger partial charge is 0.0703 e. The number of nitrogens with two attached hydrogens (primary N) is 1. The van der Waals surface area contributed by atoms with Gasteiger partial charge >= 0.3 is 0 Å². The number of nitrogens with zero attached hydrogens (tertiary/aromatic N) is 2. The van der Waals surface area contributed by atoms with Gasteiger partial charge in [0.2, 0.25) is 0 Å². The third-order valence-corrected chi connectivity index (χ3v) is 3.12. The van der Waals surface area contributed by atoms with Gasteiger partial charge in [-0.15, -0.1) is 0 Å². The van der Waals surface area contributed by atoms with E-state index in [1.165, 1.54) is 0 Å². The molecule has 2 N–H and O–H groups in total. The zero-order chi connectivity index (χ0) is 11.0. The second kappa shape index (κ2) is 3.79. The van der Waals surface area contributed by atoms with Crippen molar-refractivity contribution in [2.75, 3.05) is 18.9 Å². The standard InChI is InChI=1S/C12H15N3O/c13-11-2-1-10-6-14-15(12(10)5-11)7-9-3-4-16-8-9/h1-2,5-6,9H,3-4,7-8,13H2. The Bertz CT molecular complexity index is 500. The second-order valence-corrected chi connectivity index (χ2v) is 4.37. The number of anilines is 1. The van der Waals surface area contributed by atoms with Gasteiger partial charge in [-0.05, 0) is 24.6 Å². The van der Waals surface area contributed by atoms with Crippen molar-refractivity contribution in [3.63, 3.8) is 0 Å². The van der Waals surface area contributed by atoms with E-state index < -0.39 is 0 Å². The van der Waals surface area contributed by atoms with E-state index in [1.807, 2.05) is 29.1 Å². The quantitative estimate of drug-likeness (QED) is 0.778. The molecule has 1 atom stereocenters. The number of rotatable bonds is 2. The molecule has 0 spiro atoms. The van der Waals surface area contributed by atoms with Crippen molar-refractivity contribution in [2.24, 2.45) is 5.92 Å². The van der Waals surface area contributed by atoms with Crippen molar-refractivity contribution in [1.29, 1.82) is 0 Å². The van der Waals surface area contributed by atoms with Gasteiger partial charge in [0.1, 0.15) is 0 Å². The van der Waals surface area contributed by atoms with E-state index in [-0.39, 0.29) is 0 Å². The lowest BCUT2D eigenvalue weighted by atomic mass is 10.1. The van der Waals surface area contributed by atoms with E-state index in [9.17, 15) is 0 Å². The first-order chi connectivity index (χ1) is 7.83. The average molecular weight is 217 g/mol. The summed E-state index contributed by atoms with van der Waals surface area (Å²) in [5.74, 6) is 0.588. The molecule has 0 bridgehead atoms. The monoisotopic (exact) mass is 217 g/mol. The summed E-state index contributed by atoms with van der Waals surface area (Å²) in [4.78, 5) is 0. The topological polar surface area (TPSA) is 53.1 Å². The molecule has 4 nitrogen and oxygen atoms in total. The largest absolute Gasteiger partial charge is 0.399 e. The van der Waals surface area contributed by atoms with Crippen LogP contribution in [0.4, 0.5) is 5.69 Å². The molecule has 16 heavy (non-hydrogen) atoms. The Morgan fingerprint density at radius 3 is 3.25 bits per heavy atom. The SMILES string of the molecule is Nc1ccc2cnn(CC3CCOC3)c2c1. The average Bonchev–Trinajstić information content (AvgIpc) is 2.90. The number of hydrogen-bond acceptors (Lipinski definition) is 3. The molecule has 1 aliphatic rings. The van der Waals surface area contributed by atoms with Gasteiger partial charge in [-0.1, -0.05) is 0 Å². The lowest BCUT2D eigenvalue weighted by Crippen LogP contribution is -2.11. The summed E-state index contributed by atoms with van der Waals surface area (Å²) in [6.45, 7) is 2.66. The van der Waals surface area contributed by atoms with Gasteiger partial charge in [-0.25, -0.2) is 0 Å². The maximum Gasteiger partial charge on any atom is 0.0703 e. The van der Waals surface area contributed by atoms with Crippen LogP contribution in [0.3, 0.4) is 0 Å². The van der Waals surface area contributed by atoms with E-state index in [0.29, 0.717) is 5.92 Å². The Morgan fingerprint density at radius 1 is 1.50 bits per heavy atom. The molecule has 1 aromatic carbocycles. The van der Waals surface area contributed by atoms with Crippen molar-refractivity contribution in [1.82, 2.24) is 9.78 Å². The summed E-state index contributed by atoms with van der Waals surface area (Å²) in [7, 11) is 0. The summed E-state index contributed by atoms with van der Waals surface area (Å²) in [5.41, 5.74) is 7.70. The molecule has 1 unspecified atom stereocenters. The number of hydrogen-bond donors (Lipinski definition) is 1. The Labute approximate surface area is 94.0 Å². The van der Waals surface area contributed by atoms with Crippen LogP contribution < -0.4 is 5.73 Å². The number of benzene rings is 1. The van der Waals surface area contributed by atoms with Gasteiger partial charge in [-0.2, -0.15) is 5.10 Å². The van der Waals surface area contributed by atoms with Crippen LogP contribution in [0.5, 0.6) is 0 Å². The van der Waals surface area contributed by atoms with Gasteiger partial charge in [-0.3, -0.25) is 4.68 Å². The molecule has 84 valence electrons. The highest BCUT2D eigenvalue weighted by molar-refractivity contribution is 5.81. The zero-order valence-corrected chi connectivity index (χ0v) is 9.10. The first-order valence-electron chi connectivity index (χ1n) is 5.62. The van der Waals surface area contributed by atoms with Crippen LogP contribution >= 0.6 is 0 Å². The molecule has 1 fully saturated rings. The van der Waals surface area contributed by atoms with Crippen LogP contribution in [0.25, 0.3) is 10.9 Å². The molecule has 3 rings (SSSR count). The van der Waals surface area contributed by atoms with Crippen LogP contribution in [-0.4, -0.2) is 23.0 Å². The first-order valence-corrected chi connectivity index (χ1v) is 5.62. The van der Waals surface area contributed by atoms with Crippen LogP contribution in [0.1, 0.15) is 6.42 Å². The molecule has 0 saturated carbocycles. The molecule has 0 aliphatic carbocycles. The predicted molar refractivity (Wildman–Crippen MR) is 63.1 cm³/mol. The second-order valence-electron chi connectivity index (χ2n) is 4.37. The molecule has 1 saturated heterocycles. The molecule has 1 aromatic heterocycles. The molecular formula is C12H15N3O. The molecule has 2 aromatic rings. The zero-order valence-electron chi connectivity index (χ0n) is 9.10. The maximum absolute atomic E-state index is 5.79. The van der Waals surface area contributed by atoms with Crippen molar-refractivity contribution in [3.8, 4) is 0 Å². The number of aromatic nitrogens is 2. The predicted octanol–water partition coefficient (Wildman–Crippen LogP) is 1.66. The Hall–Kier alpha value is -1.55. The Kier molecular flexibility index (Phi) is 2.29. The van der Waals surface area contributed by atoms with E-state index in [1.54, 1.807) is 0 Å². The van der Waals surface area contributed by atoms with E-state index in [0.717, 1.165) is 42.8 Å². The Balaban J connectivity index is 1.93. The first kappa shape index (κ1) is 9.66. The van der Waals surface area contributed by atoms with Crippen LogP contribution in [-0.2, 0) is 11.3 Å². The summed E-state index contributed by atoms with van der Waals surface area (Å²) in [6, 6.07) is 5.91. The van der Waals surface area contributed by atoms with E-state index >= 15 is 0 Å². The lowest BCUT2D eigenvalue weighted by Gasteiger charge is -2.08. The van der Waals surface area contributed by atoms with Crippen molar-refractivity contribution >= 4 is 16.6 Å². The fourth-order valence-electron chi connectivity index (χ4n) is 2.20. The van der Waals surface area contributed by atoms with Crippen molar-refractivity contribution in [3.05, 3.63) is 24.4 Å². The summed E-state index contributed by atoms with van der Waals surface area (Å²) in [6.07, 6.45) is 3.02.